The number of amides is 2. The molecule has 3 rings (SSSR count). The molecule has 4 nitrogen and oxygen atoms in total. The van der Waals surface area contributed by atoms with Gasteiger partial charge in [0.2, 0.25) is 11.8 Å². The Labute approximate surface area is 148 Å². The van der Waals surface area contributed by atoms with Crippen LogP contribution in [0.4, 0.5) is 11.4 Å². The van der Waals surface area contributed by atoms with Crippen molar-refractivity contribution in [3.8, 4) is 0 Å². The van der Waals surface area contributed by atoms with Gasteiger partial charge in [-0.2, -0.15) is 0 Å². The molecule has 1 fully saturated rings. The molecule has 4 heteroatoms. The number of carbonyl (C=O) groups excluding carboxylic acids is 2. The number of aryl methyl sites for hydroxylation is 2. The van der Waals surface area contributed by atoms with E-state index in [0.29, 0.717) is 6.42 Å². The monoisotopic (exact) mass is 336 g/mol. The maximum Gasteiger partial charge on any atom is 0.228 e. The summed E-state index contributed by atoms with van der Waals surface area (Å²) in [7, 11) is 0. The Hall–Kier alpha value is -2.62. The molecule has 0 saturated heterocycles. The van der Waals surface area contributed by atoms with E-state index in [1.807, 2.05) is 64.1 Å². The van der Waals surface area contributed by atoms with E-state index >= 15 is 0 Å². The molecule has 2 atom stereocenters. The lowest BCUT2D eigenvalue weighted by Crippen LogP contribution is -2.21. The van der Waals surface area contributed by atoms with Crippen molar-refractivity contribution in [3.05, 3.63) is 58.7 Å². The zero-order chi connectivity index (χ0) is 18.1. The second kappa shape index (κ2) is 6.71. The molecule has 0 aromatic heterocycles. The minimum absolute atomic E-state index is 0.0742. The summed E-state index contributed by atoms with van der Waals surface area (Å²) in [4.78, 5) is 24.9. The minimum Gasteiger partial charge on any atom is -0.326 e. The van der Waals surface area contributed by atoms with Crippen LogP contribution in [0.25, 0.3) is 0 Å². The Bertz CT molecular complexity index is 772. The number of carbonyl (C=O) groups is 2. The molecule has 130 valence electrons. The average Bonchev–Trinajstić information content (AvgIpc) is 3.37. The normalized spacial score (nSPS) is 18.6. The highest BCUT2D eigenvalue weighted by Gasteiger charge is 2.48. The standard InChI is InChI=1S/C21H24N2O2/c1-12-7-5-9-18(14(12)3)22-20(24)16-11-17(16)21(25)23-19-10-6-8-13(2)15(19)4/h5-10,16-17H,11H2,1-4H3,(H,22,24)(H,23,25)/t16-,17-/m0/s1. The maximum absolute atomic E-state index is 12.4. The molecule has 25 heavy (non-hydrogen) atoms. The molecule has 2 N–H and O–H groups in total. The van der Waals surface area contributed by atoms with Crippen LogP contribution in [0, 0.1) is 39.5 Å². The van der Waals surface area contributed by atoms with E-state index in [1.54, 1.807) is 0 Å². The summed E-state index contributed by atoms with van der Waals surface area (Å²) in [6.45, 7) is 8.01. The number of anilines is 2. The van der Waals surface area contributed by atoms with Crippen molar-refractivity contribution in [2.45, 2.75) is 34.1 Å². The van der Waals surface area contributed by atoms with Gasteiger partial charge in [-0.3, -0.25) is 9.59 Å². The van der Waals surface area contributed by atoms with E-state index in [9.17, 15) is 9.59 Å². The highest BCUT2D eigenvalue weighted by molar-refractivity contribution is 6.03. The molecule has 0 unspecified atom stereocenters. The van der Waals surface area contributed by atoms with E-state index < -0.39 is 0 Å². The van der Waals surface area contributed by atoms with Crippen LogP contribution < -0.4 is 10.6 Å². The van der Waals surface area contributed by atoms with Gasteiger partial charge in [0.15, 0.2) is 0 Å². The van der Waals surface area contributed by atoms with Gasteiger partial charge in [0.25, 0.3) is 0 Å². The van der Waals surface area contributed by atoms with Crippen LogP contribution >= 0.6 is 0 Å². The molecule has 0 aliphatic heterocycles. The van der Waals surface area contributed by atoms with Crippen LogP contribution in [0.3, 0.4) is 0 Å². The molecule has 1 aliphatic rings. The number of nitrogens with one attached hydrogen (secondary N) is 2. The summed E-state index contributed by atoms with van der Waals surface area (Å²) in [6, 6.07) is 11.7. The van der Waals surface area contributed by atoms with E-state index in [4.69, 9.17) is 0 Å². The first-order valence-corrected chi connectivity index (χ1v) is 8.62. The summed E-state index contributed by atoms with van der Waals surface area (Å²) in [6.07, 6.45) is 0.605. The van der Waals surface area contributed by atoms with Gasteiger partial charge in [0, 0.05) is 11.4 Å². The highest BCUT2D eigenvalue weighted by atomic mass is 16.2. The molecule has 0 radical (unpaired) electrons. The van der Waals surface area contributed by atoms with E-state index in [1.165, 1.54) is 0 Å². The number of hydrogen-bond acceptors (Lipinski definition) is 2. The van der Waals surface area contributed by atoms with Gasteiger partial charge in [0.05, 0.1) is 11.8 Å². The molecule has 2 aromatic rings. The summed E-state index contributed by atoms with van der Waals surface area (Å²) in [5.74, 6) is -0.639. The lowest BCUT2D eigenvalue weighted by Gasteiger charge is -2.11. The van der Waals surface area contributed by atoms with Gasteiger partial charge >= 0.3 is 0 Å². The summed E-state index contributed by atoms with van der Waals surface area (Å²) >= 11 is 0. The Kier molecular flexibility index (Phi) is 4.62. The molecule has 1 aliphatic carbocycles. The topological polar surface area (TPSA) is 58.2 Å². The lowest BCUT2D eigenvalue weighted by atomic mass is 10.1. The molecule has 2 aromatic carbocycles. The van der Waals surface area contributed by atoms with Crippen LogP contribution in [0.1, 0.15) is 28.7 Å². The summed E-state index contributed by atoms with van der Waals surface area (Å²) < 4.78 is 0. The second-order valence-corrected chi connectivity index (χ2v) is 6.92. The van der Waals surface area contributed by atoms with Gasteiger partial charge in [-0.05, 0) is 68.5 Å². The van der Waals surface area contributed by atoms with Crippen LogP contribution in [-0.2, 0) is 9.59 Å². The third kappa shape index (κ3) is 3.58. The SMILES string of the molecule is Cc1cccc(NC(=O)[C@H]2C[C@@H]2C(=O)Nc2cccc(C)c2C)c1C. The predicted molar refractivity (Wildman–Crippen MR) is 101 cm³/mol. The predicted octanol–water partition coefficient (Wildman–Crippen LogP) is 4.13. The molecule has 0 heterocycles. The molecule has 2 amide bonds. The highest BCUT2D eigenvalue weighted by Crippen LogP contribution is 2.40. The number of hydrogen-bond donors (Lipinski definition) is 2. The largest absolute Gasteiger partial charge is 0.326 e. The number of benzene rings is 2. The van der Waals surface area contributed by atoms with Crippen molar-refractivity contribution in [3.63, 3.8) is 0 Å². The van der Waals surface area contributed by atoms with E-state index in [2.05, 4.69) is 10.6 Å². The third-order valence-electron chi connectivity index (χ3n) is 5.19. The van der Waals surface area contributed by atoms with Gasteiger partial charge in [-0.15, -0.1) is 0 Å². The van der Waals surface area contributed by atoms with Crippen molar-refractivity contribution in [2.75, 3.05) is 10.6 Å². The first-order chi connectivity index (χ1) is 11.9. The Morgan fingerprint density at radius 1 is 0.760 bits per heavy atom. The maximum atomic E-state index is 12.4. The Balaban J connectivity index is 1.62. The Morgan fingerprint density at radius 2 is 1.16 bits per heavy atom. The van der Waals surface area contributed by atoms with Gasteiger partial charge < -0.3 is 10.6 Å². The lowest BCUT2D eigenvalue weighted by molar-refractivity contribution is -0.122. The van der Waals surface area contributed by atoms with Crippen molar-refractivity contribution in [1.82, 2.24) is 0 Å². The first-order valence-electron chi connectivity index (χ1n) is 8.62. The van der Waals surface area contributed by atoms with Gasteiger partial charge in [0.1, 0.15) is 0 Å². The smallest absolute Gasteiger partial charge is 0.228 e. The molecule has 0 spiro atoms. The van der Waals surface area contributed by atoms with Crippen molar-refractivity contribution >= 4 is 23.2 Å². The Morgan fingerprint density at radius 3 is 1.56 bits per heavy atom. The molecular weight excluding hydrogens is 312 g/mol. The van der Waals surface area contributed by atoms with Crippen molar-refractivity contribution in [1.29, 1.82) is 0 Å². The minimum atomic E-state index is -0.245. The fraction of sp³-hybridized carbons (Fsp3) is 0.333. The fourth-order valence-corrected chi connectivity index (χ4v) is 3.00. The molecule has 1 saturated carbocycles. The van der Waals surface area contributed by atoms with Gasteiger partial charge in [-0.25, -0.2) is 0 Å². The fourth-order valence-electron chi connectivity index (χ4n) is 3.00. The van der Waals surface area contributed by atoms with Crippen molar-refractivity contribution in [2.24, 2.45) is 11.8 Å². The van der Waals surface area contributed by atoms with Crippen LogP contribution in [0.2, 0.25) is 0 Å². The molecular formula is C21H24N2O2. The van der Waals surface area contributed by atoms with Crippen molar-refractivity contribution < 1.29 is 9.59 Å². The van der Waals surface area contributed by atoms with E-state index in [0.717, 1.165) is 33.6 Å². The number of rotatable bonds is 4. The van der Waals surface area contributed by atoms with Crippen LogP contribution in [-0.4, -0.2) is 11.8 Å². The van der Waals surface area contributed by atoms with Crippen LogP contribution in [0.5, 0.6) is 0 Å². The van der Waals surface area contributed by atoms with Gasteiger partial charge in [-0.1, -0.05) is 24.3 Å². The second-order valence-electron chi connectivity index (χ2n) is 6.92. The zero-order valence-corrected chi connectivity index (χ0v) is 15.1. The first kappa shape index (κ1) is 17.2. The summed E-state index contributed by atoms with van der Waals surface area (Å²) in [5, 5.41) is 5.93. The van der Waals surface area contributed by atoms with Crippen LogP contribution in [0.15, 0.2) is 36.4 Å². The molecule has 0 bridgehead atoms. The van der Waals surface area contributed by atoms with E-state index in [-0.39, 0.29) is 23.7 Å². The quantitative estimate of drug-likeness (QED) is 0.882. The third-order valence-corrected chi connectivity index (χ3v) is 5.19. The summed E-state index contributed by atoms with van der Waals surface area (Å²) in [5.41, 5.74) is 6.05. The average molecular weight is 336 g/mol. The zero-order valence-electron chi connectivity index (χ0n) is 15.1.